The third kappa shape index (κ3) is 5.66. The molecule has 6 nitrogen and oxygen atoms in total. The van der Waals surface area contributed by atoms with E-state index in [0.717, 1.165) is 22.5 Å². The molecular weight excluding hydrogens is 496 g/mol. The first-order chi connectivity index (χ1) is 18.5. The van der Waals surface area contributed by atoms with Gasteiger partial charge in [-0.15, -0.1) is 0 Å². The van der Waals surface area contributed by atoms with Crippen molar-refractivity contribution in [2.24, 2.45) is 0 Å². The largest absolute Gasteiger partial charge is 0.380 e. The highest BCUT2D eigenvalue weighted by Crippen LogP contribution is 2.29. The normalized spacial score (nSPS) is 10.6. The summed E-state index contributed by atoms with van der Waals surface area (Å²) < 4.78 is 0. The van der Waals surface area contributed by atoms with Gasteiger partial charge in [-0.25, -0.2) is 5.06 Å². The highest BCUT2D eigenvalue weighted by Gasteiger charge is 2.16. The van der Waals surface area contributed by atoms with Crippen LogP contribution in [0.4, 0.5) is 11.4 Å². The van der Waals surface area contributed by atoms with Crippen LogP contribution in [0.1, 0.15) is 10.4 Å². The van der Waals surface area contributed by atoms with Crippen molar-refractivity contribution >= 4 is 28.9 Å². The molecule has 0 saturated carbocycles. The summed E-state index contributed by atoms with van der Waals surface area (Å²) in [4.78, 5) is 29.6. The van der Waals surface area contributed by atoms with Crippen LogP contribution in [0.15, 0.2) is 116 Å². The zero-order valence-corrected chi connectivity index (χ0v) is 21.7. The maximum atomic E-state index is 13.2. The second-order valence-corrected chi connectivity index (χ2v) is 9.09. The van der Waals surface area contributed by atoms with Gasteiger partial charge in [-0.05, 0) is 78.9 Å². The molecule has 0 saturated heterocycles. The van der Waals surface area contributed by atoms with Crippen LogP contribution in [0.5, 0.6) is 5.75 Å². The molecule has 0 unspecified atom stereocenters. The number of nitrogens with zero attached hydrogens (tertiary/aromatic N) is 4. The maximum absolute atomic E-state index is 13.2. The Morgan fingerprint density at radius 1 is 0.711 bits per heavy atom. The molecule has 5 rings (SSSR count). The Morgan fingerprint density at radius 3 is 1.82 bits per heavy atom. The molecule has 7 heteroatoms. The van der Waals surface area contributed by atoms with E-state index < -0.39 is 0 Å². The Bertz CT molecular complexity index is 1530. The zero-order chi connectivity index (χ0) is 26.5. The minimum Gasteiger partial charge on any atom is -0.380 e. The average molecular weight is 521 g/mol. The van der Waals surface area contributed by atoms with E-state index in [-0.39, 0.29) is 5.91 Å². The third-order valence-electron chi connectivity index (χ3n) is 6.07. The van der Waals surface area contributed by atoms with Crippen molar-refractivity contribution in [3.8, 4) is 28.3 Å². The highest BCUT2D eigenvalue weighted by atomic mass is 35.5. The minimum absolute atomic E-state index is 0.153. The SMILES string of the molecule is CN(Oc1ccc(-c2ccccn2)cc1)c1cc(Cl)cc(N(C)C(=O)c2ccc(-c3ccccn3)cc2)c1. The fraction of sp³-hybridized carbons (Fsp3) is 0.0645. The molecular formula is C31H25ClN4O2. The van der Waals surface area contributed by atoms with Gasteiger partial charge in [-0.2, -0.15) is 0 Å². The van der Waals surface area contributed by atoms with Gasteiger partial charge in [-0.1, -0.05) is 35.9 Å². The number of hydrogen-bond donors (Lipinski definition) is 0. The number of aromatic nitrogens is 2. The fourth-order valence-electron chi connectivity index (χ4n) is 3.99. The molecule has 188 valence electrons. The number of halogens is 1. The van der Waals surface area contributed by atoms with Gasteiger partial charge in [0.1, 0.15) is 0 Å². The van der Waals surface area contributed by atoms with E-state index in [1.165, 1.54) is 0 Å². The standard InChI is InChI=1S/C31H25ClN4O2/c1-35(31(37)24-11-9-22(10-12-24)29-7-3-5-17-33-29)26-19-25(32)20-27(21-26)36(2)38-28-15-13-23(14-16-28)30-8-4-6-18-34-30/h3-21H,1-2H3. The van der Waals surface area contributed by atoms with Gasteiger partial charge in [0.15, 0.2) is 5.75 Å². The van der Waals surface area contributed by atoms with Crippen LogP contribution in [0, 0.1) is 0 Å². The molecule has 0 aliphatic rings. The van der Waals surface area contributed by atoms with Crippen molar-refractivity contribution in [1.82, 2.24) is 9.97 Å². The average Bonchev–Trinajstić information content (AvgIpc) is 2.97. The minimum atomic E-state index is -0.153. The smallest absolute Gasteiger partial charge is 0.258 e. The lowest BCUT2D eigenvalue weighted by Crippen LogP contribution is -2.27. The second kappa shape index (κ2) is 11.2. The Balaban J connectivity index is 1.30. The van der Waals surface area contributed by atoms with Crippen molar-refractivity contribution in [2.75, 3.05) is 24.1 Å². The Morgan fingerprint density at radius 2 is 1.26 bits per heavy atom. The van der Waals surface area contributed by atoms with Crippen LogP contribution in [-0.2, 0) is 0 Å². The monoisotopic (exact) mass is 520 g/mol. The number of hydroxylamine groups is 1. The summed E-state index contributed by atoms with van der Waals surface area (Å²) in [6, 6.07) is 32.0. The number of hydrogen-bond acceptors (Lipinski definition) is 5. The molecule has 0 aliphatic heterocycles. The summed E-state index contributed by atoms with van der Waals surface area (Å²) in [5.74, 6) is 0.505. The zero-order valence-electron chi connectivity index (χ0n) is 21.0. The number of amides is 1. The molecule has 2 heterocycles. The number of pyridine rings is 2. The molecule has 0 fully saturated rings. The molecule has 2 aromatic heterocycles. The number of carbonyl (C=O) groups excluding carboxylic acids is 1. The van der Waals surface area contributed by atoms with Crippen molar-refractivity contribution in [3.63, 3.8) is 0 Å². The summed E-state index contributed by atoms with van der Waals surface area (Å²) in [5.41, 5.74) is 5.60. The number of benzene rings is 3. The van der Waals surface area contributed by atoms with Crippen molar-refractivity contribution in [2.45, 2.75) is 0 Å². The quantitative estimate of drug-likeness (QED) is 0.213. The van der Waals surface area contributed by atoms with Gasteiger partial charge in [0.2, 0.25) is 0 Å². The van der Waals surface area contributed by atoms with Crippen LogP contribution < -0.4 is 14.8 Å². The Labute approximate surface area is 226 Å². The first-order valence-corrected chi connectivity index (χ1v) is 12.4. The van der Waals surface area contributed by atoms with Crippen molar-refractivity contribution < 1.29 is 9.63 Å². The van der Waals surface area contributed by atoms with Crippen LogP contribution in [0.25, 0.3) is 22.5 Å². The highest BCUT2D eigenvalue weighted by molar-refractivity contribution is 6.31. The van der Waals surface area contributed by atoms with Gasteiger partial charge in [0, 0.05) is 53.9 Å². The van der Waals surface area contributed by atoms with Crippen LogP contribution in [-0.4, -0.2) is 30.0 Å². The molecule has 1 amide bonds. The lowest BCUT2D eigenvalue weighted by molar-refractivity contribution is 0.0993. The Hall–Kier alpha value is -4.68. The summed E-state index contributed by atoms with van der Waals surface area (Å²) in [5, 5.41) is 2.11. The summed E-state index contributed by atoms with van der Waals surface area (Å²) in [6.45, 7) is 0. The lowest BCUT2D eigenvalue weighted by atomic mass is 10.1. The van der Waals surface area contributed by atoms with E-state index in [4.69, 9.17) is 16.4 Å². The second-order valence-electron chi connectivity index (χ2n) is 8.65. The van der Waals surface area contributed by atoms with Gasteiger partial charge in [0.05, 0.1) is 17.1 Å². The molecule has 5 aromatic rings. The van der Waals surface area contributed by atoms with Crippen molar-refractivity contribution in [3.05, 3.63) is 126 Å². The third-order valence-corrected chi connectivity index (χ3v) is 6.29. The Kier molecular flexibility index (Phi) is 7.33. The molecule has 0 atom stereocenters. The van der Waals surface area contributed by atoms with Crippen LogP contribution in [0.2, 0.25) is 5.02 Å². The predicted octanol–water partition coefficient (Wildman–Crippen LogP) is 7.17. The molecule has 3 aromatic carbocycles. The van der Waals surface area contributed by atoms with Crippen LogP contribution in [0.3, 0.4) is 0 Å². The van der Waals surface area contributed by atoms with Gasteiger partial charge in [0.25, 0.3) is 5.91 Å². The number of carbonyl (C=O) groups is 1. The van der Waals surface area contributed by atoms with E-state index in [1.54, 1.807) is 60.7 Å². The topological polar surface area (TPSA) is 58.6 Å². The van der Waals surface area contributed by atoms with Crippen molar-refractivity contribution in [1.29, 1.82) is 0 Å². The molecule has 0 bridgehead atoms. The van der Waals surface area contributed by atoms with Gasteiger partial charge in [-0.3, -0.25) is 14.8 Å². The van der Waals surface area contributed by atoms with E-state index in [9.17, 15) is 4.79 Å². The first-order valence-electron chi connectivity index (χ1n) is 12.0. The van der Waals surface area contributed by atoms with E-state index in [2.05, 4.69) is 9.97 Å². The number of anilines is 2. The fourth-order valence-corrected chi connectivity index (χ4v) is 4.22. The lowest BCUT2D eigenvalue weighted by Gasteiger charge is -2.23. The first kappa shape index (κ1) is 25.0. The maximum Gasteiger partial charge on any atom is 0.258 e. The summed E-state index contributed by atoms with van der Waals surface area (Å²) in [7, 11) is 3.52. The summed E-state index contributed by atoms with van der Waals surface area (Å²) >= 11 is 6.43. The van der Waals surface area contributed by atoms with E-state index in [0.29, 0.717) is 27.7 Å². The van der Waals surface area contributed by atoms with Gasteiger partial charge < -0.3 is 9.74 Å². The van der Waals surface area contributed by atoms with Crippen LogP contribution >= 0.6 is 11.6 Å². The number of rotatable bonds is 7. The van der Waals surface area contributed by atoms with E-state index >= 15 is 0 Å². The molecule has 0 aliphatic carbocycles. The predicted molar refractivity (Wildman–Crippen MR) is 153 cm³/mol. The van der Waals surface area contributed by atoms with E-state index in [1.807, 2.05) is 78.9 Å². The van der Waals surface area contributed by atoms with Gasteiger partial charge >= 0.3 is 0 Å². The molecule has 38 heavy (non-hydrogen) atoms. The summed E-state index contributed by atoms with van der Waals surface area (Å²) in [6.07, 6.45) is 3.51. The molecule has 0 N–H and O–H groups in total. The molecule has 0 spiro atoms. The molecule has 0 radical (unpaired) electrons.